The first-order chi connectivity index (χ1) is 27.2. The third-order valence-electron chi connectivity index (χ3n) is 11.2. The molecule has 0 aromatic carbocycles. The predicted octanol–water partition coefficient (Wildman–Crippen LogP) is 2.87. The highest BCUT2D eigenvalue weighted by molar-refractivity contribution is 5.80. The van der Waals surface area contributed by atoms with Gasteiger partial charge in [-0.25, -0.2) is 0 Å². The topological polar surface area (TPSA) is 206 Å². The third-order valence-corrected chi connectivity index (χ3v) is 11.2. The molecule has 0 spiro atoms. The Morgan fingerprint density at radius 3 is 2.29 bits per heavy atom. The number of ether oxygens (including phenoxy) is 8. The van der Waals surface area contributed by atoms with E-state index in [-0.39, 0.29) is 31.6 Å². The molecule has 332 valence electrons. The zero-order valence-electron chi connectivity index (χ0n) is 36.1. The lowest BCUT2D eigenvalue weighted by Crippen LogP contribution is -2.66. The van der Waals surface area contributed by atoms with Crippen molar-refractivity contribution in [2.75, 3.05) is 28.3 Å². The minimum absolute atomic E-state index is 0.0486. The fourth-order valence-electron chi connectivity index (χ4n) is 8.17. The molecule has 2 fully saturated rings. The first-order valence-electron chi connectivity index (χ1n) is 20.4. The molecule has 0 saturated carbocycles. The van der Waals surface area contributed by atoms with Gasteiger partial charge in [0, 0.05) is 32.8 Å². The van der Waals surface area contributed by atoms with E-state index in [1.807, 2.05) is 20.8 Å². The van der Waals surface area contributed by atoms with E-state index in [4.69, 9.17) is 37.9 Å². The van der Waals surface area contributed by atoms with Gasteiger partial charge in [-0.15, -0.1) is 0 Å². The van der Waals surface area contributed by atoms with Crippen LogP contribution in [0.15, 0.2) is 24.3 Å². The van der Waals surface area contributed by atoms with Gasteiger partial charge in [-0.05, 0) is 66.0 Å². The van der Waals surface area contributed by atoms with E-state index in [9.17, 15) is 34.5 Å². The van der Waals surface area contributed by atoms with Crippen molar-refractivity contribution in [1.29, 1.82) is 0 Å². The van der Waals surface area contributed by atoms with Crippen molar-refractivity contribution in [2.24, 2.45) is 23.7 Å². The van der Waals surface area contributed by atoms with Crippen LogP contribution >= 0.6 is 0 Å². The second kappa shape index (κ2) is 22.7. The van der Waals surface area contributed by atoms with Crippen molar-refractivity contribution in [3.05, 3.63) is 24.3 Å². The smallest absolute Gasteiger partial charge is 0.312 e. The Morgan fingerprint density at radius 2 is 1.71 bits per heavy atom. The number of methoxy groups -OCH3 is 2. The van der Waals surface area contributed by atoms with E-state index in [0.717, 1.165) is 0 Å². The zero-order chi connectivity index (χ0) is 43.5. The van der Waals surface area contributed by atoms with Gasteiger partial charge in [-0.1, -0.05) is 45.1 Å². The van der Waals surface area contributed by atoms with Gasteiger partial charge in [0.15, 0.2) is 18.7 Å². The van der Waals surface area contributed by atoms with Crippen molar-refractivity contribution in [2.45, 2.75) is 166 Å². The van der Waals surface area contributed by atoms with Crippen LogP contribution in [0.1, 0.15) is 87.0 Å². The van der Waals surface area contributed by atoms with Gasteiger partial charge in [0.05, 0.1) is 56.0 Å². The molecule has 3 rings (SSSR count). The van der Waals surface area contributed by atoms with Crippen LogP contribution in [0.4, 0.5) is 0 Å². The number of aldehydes is 1. The summed E-state index contributed by atoms with van der Waals surface area (Å²) in [5.41, 5.74) is -1.50. The van der Waals surface area contributed by atoms with Crippen LogP contribution in [0.2, 0.25) is 0 Å². The van der Waals surface area contributed by atoms with Gasteiger partial charge in [0.1, 0.15) is 30.2 Å². The summed E-state index contributed by atoms with van der Waals surface area (Å²) in [6, 6.07) is -0.789. The SMILES string of the molecule is COC(=O)C1CC(=O)OC(C)CC=CC=CC(O)C(C)CC(CC=O)C(OC2OC(C)C(OC3CC(C)(O)C(OC(=O)CC(C)C)C(C)O3)C(N(C)C)C2O)C1OC. The van der Waals surface area contributed by atoms with E-state index in [2.05, 4.69) is 0 Å². The molecule has 58 heavy (non-hydrogen) atoms. The van der Waals surface area contributed by atoms with Gasteiger partial charge in [0.2, 0.25) is 0 Å². The lowest BCUT2D eigenvalue weighted by Gasteiger charge is -2.50. The molecule has 16 nitrogen and oxygen atoms in total. The number of rotatable bonds is 12. The van der Waals surface area contributed by atoms with Crippen LogP contribution < -0.4 is 0 Å². The molecule has 16 unspecified atom stereocenters. The van der Waals surface area contributed by atoms with Crippen LogP contribution in [0.25, 0.3) is 0 Å². The van der Waals surface area contributed by atoms with Gasteiger partial charge in [-0.3, -0.25) is 14.4 Å². The highest BCUT2D eigenvalue weighted by atomic mass is 16.7. The van der Waals surface area contributed by atoms with E-state index < -0.39 is 121 Å². The second-order valence-electron chi connectivity index (χ2n) is 16.9. The van der Waals surface area contributed by atoms with E-state index in [0.29, 0.717) is 12.7 Å². The molecule has 0 aromatic heterocycles. The standard InChI is InChI=1S/C42H69NO15/c1-23(2)19-31(46)56-39-27(6)54-33(22-42(39,7)50)57-36-26(5)55-41(35(48)34(36)43(8)9)58-37-28(17-18-44)20-24(3)30(45)16-14-12-13-15-25(4)53-32(47)21-29(38(37)51-10)40(49)52-11/h12-14,16,18,23-30,33-39,41,45,48,50H,15,17,19-22H2,1-11H3. The zero-order valence-corrected chi connectivity index (χ0v) is 36.1. The average molecular weight is 828 g/mol. The van der Waals surface area contributed by atoms with Crippen LogP contribution in [0.5, 0.6) is 0 Å². The van der Waals surface area contributed by atoms with Crippen LogP contribution in [-0.4, -0.2) is 152 Å². The quantitative estimate of drug-likeness (QED) is 0.147. The Balaban J connectivity index is 1.98. The molecule has 16 heteroatoms. The molecule has 3 aliphatic heterocycles. The molecule has 0 aliphatic carbocycles. The summed E-state index contributed by atoms with van der Waals surface area (Å²) in [5.74, 6) is -4.22. The number of hydrogen-bond acceptors (Lipinski definition) is 16. The average Bonchev–Trinajstić information content (AvgIpc) is 3.12. The second-order valence-corrected chi connectivity index (χ2v) is 16.9. The minimum atomic E-state index is -1.50. The Bertz CT molecular complexity index is 1390. The summed E-state index contributed by atoms with van der Waals surface area (Å²) >= 11 is 0. The monoisotopic (exact) mass is 827 g/mol. The number of aliphatic hydroxyl groups is 3. The molecular formula is C42H69NO15. The number of cyclic esters (lactones) is 1. The molecule has 3 N–H and O–H groups in total. The molecule has 16 atom stereocenters. The highest BCUT2D eigenvalue weighted by Crippen LogP contribution is 2.38. The predicted molar refractivity (Wildman–Crippen MR) is 210 cm³/mol. The number of carbonyl (C=O) groups is 4. The molecule has 2 saturated heterocycles. The summed E-state index contributed by atoms with van der Waals surface area (Å²) in [6.45, 7) is 12.3. The highest BCUT2D eigenvalue weighted by Gasteiger charge is 2.53. The molecule has 0 amide bonds. The largest absolute Gasteiger partial charge is 0.469 e. The lowest BCUT2D eigenvalue weighted by molar-refractivity contribution is -0.343. The maximum absolute atomic E-state index is 13.4. The van der Waals surface area contributed by atoms with Gasteiger partial charge in [-0.2, -0.15) is 0 Å². The van der Waals surface area contributed by atoms with Gasteiger partial charge >= 0.3 is 17.9 Å². The molecule has 0 radical (unpaired) electrons. The Morgan fingerprint density at radius 1 is 1.02 bits per heavy atom. The maximum atomic E-state index is 13.4. The van der Waals surface area contributed by atoms with Crippen molar-refractivity contribution in [1.82, 2.24) is 4.90 Å². The number of aliphatic hydroxyl groups excluding tert-OH is 2. The molecule has 3 heterocycles. The summed E-state index contributed by atoms with van der Waals surface area (Å²) < 4.78 is 48.0. The number of allylic oxidation sites excluding steroid dienone is 2. The van der Waals surface area contributed by atoms with Crippen LogP contribution in [-0.2, 0) is 57.1 Å². The number of esters is 3. The third kappa shape index (κ3) is 13.6. The number of hydrogen-bond donors (Lipinski definition) is 3. The summed E-state index contributed by atoms with van der Waals surface area (Å²) in [7, 11) is 6.02. The van der Waals surface area contributed by atoms with Crippen LogP contribution in [0, 0.1) is 23.7 Å². The molecule has 0 bridgehead atoms. The molecular weight excluding hydrogens is 758 g/mol. The molecule has 0 aromatic rings. The van der Waals surface area contributed by atoms with Crippen LogP contribution in [0.3, 0.4) is 0 Å². The first-order valence-corrected chi connectivity index (χ1v) is 20.4. The van der Waals surface area contributed by atoms with E-state index >= 15 is 0 Å². The van der Waals surface area contributed by atoms with Crippen molar-refractivity contribution in [3.8, 4) is 0 Å². The lowest BCUT2D eigenvalue weighted by atomic mass is 9.80. The van der Waals surface area contributed by atoms with Gasteiger partial charge in [0.25, 0.3) is 0 Å². The first kappa shape index (κ1) is 49.6. The Kier molecular flexibility index (Phi) is 19.4. The fraction of sp³-hybridized carbons (Fsp3) is 0.810. The van der Waals surface area contributed by atoms with Gasteiger partial charge < -0.3 is 62.9 Å². The van der Waals surface area contributed by atoms with E-state index in [1.54, 1.807) is 71.0 Å². The Hall–Kier alpha value is -2.80. The Labute approximate surface area is 343 Å². The number of carbonyl (C=O) groups excluding carboxylic acids is 4. The van der Waals surface area contributed by atoms with Crippen molar-refractivity contribution < 1.29 is 72.4 Å². The number of nitrogens with zero attached hydrogens (tertiary/aromatic N) is 1. The maximum Gasteiger partial charge on any atom is 0.312 e. The summed E-state index contributed by atoms with van der Waals surface area (Å²) in [4.78, 5) is 53.3. The van der Waals surface area contributed by atoms with E-state index in [1.165, 1.54) is 14.2 Å². The number of likely N-dealkylation sites (N-methyl/N-ethyl adjacent to an activating group) is 1. The van der Waals surface area contributed by atoms with Crippen molar-refractivity contribution >= 4 is 24.2 Å². The van der Waals surface area contributed by atoms with Crippen molar-refractivity contribution in [3.63, 3.8) is 0 Å². The summed E-state index contributed by atoms with van der Waals surface area (Å²) in [5, 5.41) is 34.6. The summed E-state index contributed by atoms with van der Waals surface area (Å²) in [6.07, 6.45) is -3.10. The fourth-order valence-corrected chi connectivity index (χ4v) is 8.17. The normalized spacial score (nSPS) is 39.6. The minimum Gasteiger partial charge on any atom is -0.469 e. The molecule has 3 aliphatic rings.